The molecule has 0 aromatic heterocycles. The van der Waals surface area contributed by atoms with Gasteiger partial charge in [-0.05, 0) is 51.4 Å². The molecule has 0 radical (unpaired) electrons. The SMILES string of the molecule is CCCCCCCC/C=C\CCCCCCCC(=O)OCCCCCCCCCCCCCCC(=O)NC(CO)C(O)CCCCCCCCCCCCCCCC. The van der Waals surface area contributed by atoms with Gasteiger partial charge in [0.15, 0.2) is 0 Å². The van der Waals surface area contributed by atoms with Gasteiger partial charge < -0.3 is 20.3 Å². The number of allylic oxidation sites excluding steroid dienone is 2. The van der Waals surface area contributed by atoms with E-state index in [1.807, 2.05) is 0 Å². The first-order valence-electron chi connectivity index (χ1n) is 25.9. The number of rotatable bonds is 48. The van der Waals surface area contributed by atoms with Crippen molar-refractivity contribution in [2.75, 3.05) is 13.2 Å². The summed E-state index contributed by atoms with van der Waals surface area (Å²) in [5.41, 5.74) is 0. The lowest BCUT2D eigenvalue weighted by molar-refractivity contribution is -0.143. The molecule has 0 saturated carbocycles. The quantitative estimate of drug-likeness (QED) is 0.0323. The number of carbonyl (C=O) groups excluding carboxylic acids is 2. The zero-order valence-electron chi connectivity index (χ0n) is 39.0. The number of unbranched alkanes of at least 4 members (excludes halogenated alkanes) is 35. The second-order valence-electron chi connectivity index (χ2n) is 17.9. The fraction of sp³-hybridized carbons (Fsp3) is 0.923. The smallest absolute Gasteiger partial charge is 0.305 e. The summed E-state index contributed by atoms with van der Waals surface area (Å²) in [5.74, 6) is -0.0669. The summed E-state index contributed by atoms with van der Waals surface area (Å²) in [6, 6.07) is -0.552. The van der Waals surface area contributed by atoms with Crippen molar-refractivity contribution < 1.29 is 24.5 Å². The molecule has 0 aliphatic rings. The van der Waals surface area contributed by atoms with E-state index in [0.29, 0.717) is 25.9 Å². The monoisotopic (exact) mass is 820 g/mol. The van der Waals surface area contributed by atoms with E-state index in [4.69, 9.17) is 4.74 Å². The molecule has 0 aliphatic heterocycles. The van der Waals surface area contributed by atoms with Crippen molar-refractivity contribution in [3.05, 3.63) is 12.2 Å². The maximum atomic E-state index is 12.4. The second kappa shape index (κ2) is 48.3. The van der Waals surface area contributed by atoms with Gasteiger partial charge in [0.1, 0.15) is 0 Å². The summed E-state index contributed by atoms with van der Waals surface area (Å²) in [6.07, 6.45) is 54.6. The van der Waals surface area contributed by atoms with Crippen LogP contribution in [-0.2, 0) is 14.3 Å². The Morgan fingerprint density at radius 1 is 0.466 bits per heavy atom. The minimum absolute atomic E-state index is 0.0168. The Kier molecular flexibility index (Phi) is 47.1. The Morgan fingerprint density at radius 3 is 1.22 bits per heavy atom. The number of aliphatic hydroxyl groups is 2. The van der Waals surface area contributed by atoms with E-state index in [2.05, 4.69) is 31.3 Å². The van der Waals surface area contributed by atoms with Gasteiger partial charge in [-0.3, -0.25) is 9.59 Å². The Hall–Kier alpha value is -1.40. The number of aliphatic hydroxyl groups excluding tert-OH is 2. The molecule has 0 aliphatic carbocycles. The second-order valence-corrected chi connectivity index (χ2v) is 17.9. The molecule has 6 heteroatoms. The Morgan fingerprint density at radius 2 is 0.810 bits per heavy atom. The molecule has 1 amide bonds. The zero-order chi connectivity index (χ0) is 42.3. The lowest BCUT2D eigenvalue weighted by Gasteiger charge is -2.22. The zero-order valence-corrected chi connectivity index (χ0v) is 39.0. The Labute approximate surface area is 361 Å². The molecular formula is C52H101NO5. The fourth-order valence-corrected chi connectivity index (χ4v) is 8.05. The molecular weight excluding hydrogens is 719 g/mol. The highest BCUT2D eigenvalue weighted by molar-refractivity contribution is 5.76. The van der Waals surface area contributed by atoms with E-state index in [9.17, 15) is 19.8 Å². The molecule has 3 N–H and O–H groups in total. The van der Waals surface area contributed by atoms with Gasteiger partial charge in [-0.25, -0.2) is 0 Å². The number of hydrogen-bond donors (Lipinski definition) is 3. The predicted molar refractivity (Wildman–Crippen MR) is 250 cm³/mol. The molecule has 0 saturated heterocycles. The van der Waals surface area contributed by atoms with Gasteiger partial charge in [0, 0.05) is 12.8 Å². The van der Waals surface area contributed by atoms with Crippen molar-refractivity contribution in [1.82, 2.24) is 5.32 Å². The summed E-state index contributed by atoms with van der Waals surface area (Å²) in [7, 11) is 0. The van der Waals surface area contributed by atoms with Crippen LogP contribution in [0.1, 0.15) is 284 Å². The maximum Gasteiger partial charge on any atom is 0.305 e. The number of carbonyl (C=O) groups is 2. The maximum absolute atomic E-state index is 12.4. The number of nitrogens with one attached hydrogen (secondary N) is 1. The summed E-state index contributed by atoms with van der Waals surface area (Å²) in [5, 5.41) is 23.2. The summed E-state index contributed by atoms with van der Waals surface area (Å²) in [4.78, 5) is 24.5. The van der Waals surface area contributed by atoms with Crippen molar-refractivity contribution in [3.63, 3.8) is 0 Å². The van der Waals surface area contributed by atoms with Crippen LogP contribution in [0.2, 0.25) is 0 Å². The minimum atomic E-state index is -0.673. The normalized spacial score (nSPS) is 12.7. The Bertz CT molecular complexity index is 863. The Balaban J connectivity index is 3.46. The van der Waals surface area contributed by atoms with Crippen LogP contribution in [0.25, 0.3) is 0 Å². The third-order valence-corrected chi connectivity index (χ3v) is 12.1. The average Bonchev–Trinajstić information content (AvgIpc) is 3.22. The van der Waals surface area contributed by atoms with E-state index >= 15 is 0 Å². The average molecular weight is 820 g/mol. The number of amides is 1. The molecule has 344 valence electrons. The highest BCUT2D eigenvalue weighted by Crippen LogP contribution is 2.16. The number of hydrogen-bond acceptors (Lipinski definition) is 5. The van der Waals surface area contributed by atoms with Gasteiger partial charge in [-0.2, -0.15) is 0 Å². The van der Waals surface area contributed by atoms with Crippen LogP contribution >= 0.6 is 0 Å². The van der Waals surface area contributed by atoms with Crippen LogP contribution in [0, 0.1) is 0 Å². The first-order valence-corrected chi connectivity index (χ1v) is 25.9. The summed E-state index contributed by atoms with van der Waals surface area (Å²) < 4.78 is 5.46. The topological polar surface area (TPSA) is 95.9 Å². The molecule has 6 nitrogen and oxygen atoms in total. The van der Waals surface area contributed by atoms with Crippen molar-refractivity contribution >= 4 is 11.9 Å². The molecule has 0 bridgehead atoms. The highest BCUT2D eigenvalue weighted by Gasteiger charge is 2.20. The lowest BCUT2D eigenvalue weighted by atomic mass is 10.0. The van der Waals surface area contributed by atoms with Gasteiger partial charge in [0.05, 0.1) is 25.4 Å². The first-order chi connectivity index (χ1) is 28.5. The highest BCUT2D eigenvalue weighted by atomic mass is 16.5. The predicted octanol–water partition coefficient (Wildman–Crippen LogP) is 15.3. The fourth-order valence-electron chi connectivity index (χ4n) is 8.05. The van der Waals surface area contributed by atoms with E-state index in [1.165, 1.54) is 193 Å². The van der Waals surface area contributed by atoms with Crippen molar-refractivity contribution in [2.24, 2.45) is 0 Å². The molecule has 0 rings (SSSR count). The van der Waals surface area contributed by atoms with E-state index in [-0.39, 0.29) is 18.5 Å². The summed E-state index contributed by atoms with van der Waals surface area (Å²) in [6.45, 7) is 4.91. The van der Waals surface area contributed by atoms with Gasteiger partial charge in [0.2, 0.25) is 5.91 Å². The van der Waals surface area contributed by atoms with Gasteiger partial charge in [0.25, 0.3) is 0 Å². The van der Waals surface area contributed by atoms with Gasteiger partial charge in [-0.1, -0.05) is 231 Å². The standard InChI is InChI=1S/C52H101NO5/c1-3-5-7-9-11-13-15-17-19-21-26-30-34-38-42-46-52(57)58-47-43-39-35-31-27-23-22-25-29-33-37-41-45-51(56)53-49(48-54)50(55)44-40-36-32-28-24-20-18-16-14-12-10-8-6-4-2/h17,19,49-50,54-55H,3-16,18,20-48H2,1-2H3,(H,53,56)/b19-17-. The molecule has 0 aromatic carbocycles. The molecule has 0 aromatic rings. The van der Waals surface area contributed by atoms with Crippen molar-refractivity contribution in [1.29, 1.82) is 0 Å². The largest absolute Gasteiger partial charge is 0.466 e. The van der Waals surface area contributed by atoms with Crippen molar-refractivity contribution in [3.8, 4) is 0 Å². The molecule has 58 heavy (non-hydrogen) atoms. The van der Waals surface area contributed by atoms with Gasteiger partial charge >= 0.3 is 5.97 Å². The van der Waals surface area contributed by atoms with Crippen LogP contribution < -0.4 is 5.32 Å². The van der Waals surface area contributed by atoms with E-state index < -0.39 is 12.1 Å². The molecule has 0 spiro atoms. The molecule has 2 unspecified atom stereocenters. The van der Waals surface area contributed by atoms with Gasteiger partial charge in [-0.15, -0.1) is 0 Å². The van der Waals surface area contributed by atoms with Crippen LogP contribution in [0.5, 0.6) is 0 Å². The third-order valence-electron chi connectivity index (χ3n) is 12.1. The van der Waals surface area contributed by atoms with Crippen molar-refractivity contribution in [2.45, 2.75) is 296 Å². The first kappa shape index (κ1) is 56.6. The van der Waals surface area contributed by atoms with E-state index in [0.717, 1.165) is 57.8 Å². The number of esters is 1. The summed E-state index contributed by atoms with van der Waals surface area (Å²) >= 11 is 0. The molecule has 0 heterocycles. The molecule has 0 fully saturated rings. The van der Waals surface area contributed by atoms with Crippen LogP contribution in [-0.4, -0.2) is 47.4 Å². The van der Waals surface area contributed by atoms with E-state index in [1.54, 1.807) is 0 Å². The number of ether oxygens (including phenoxy) is 1. The third kappa shape index (κ3) is 44.2. The minimum Gasteiger partial charge on any atom is -0.466 e. The van der Waals surface area contributed by atoms with Crippen LogP contribution in [0.3, 0.4) is 0 Å². The van der Waals surface area contributed by atoms with Crippen LogP contribution in [0.4, 0.5) is 0 Å². The lowest BCUT2D eigenvalue weighted by Crippen LogP contribution is -2.45. The van der Waals surface area contributed by atoms with Crippen LogP contribution in [0.15, 0.2) is 12.2 Å². The molecule has 2 atom stereocenters.